The first-order valence-corrected chi connectivity index (χ1v) is 5.74. The van der Waals surface area contributed by atoms with Gasteiger partial charge in [0.05, 0.1) is 12.3 Å². The summed E-state index contributed by atoms with van der Waals surface area (Å²) in [4.78, 5) is 10.3. The van der Waals surface area contributed by atoms with Crippen LogP contribution < -0.4 is 10.5 Å². The minimum atomic E-state index is -3.32. The van der Waals surface area contributed by atoms with Crippen LogP contribution >= 0.6 is 0 Å². The number of nitrogens with one attached hydrogen (secondary N) is 1. The molecule has 13 heavy (non-hydrogen) atoms. The molecular weight excluding hydrogens is 192 g/mol. The molecule has 0 radical (unpaired) electrons. The first-order valence-electron chi connectivity index (χ1n) is 4.09. The highest BCUT2D eigenvalue weighted by Gasteiger charge is 2.11. The minimum Gasteiger partial charge on any atom is -0.369 e. The average molecular weight is 208 g/mol. The highest BCUT2D eigenvalue weighted by molar-refractivity contribution is 7.89. The third kappa shape index (κ3) is 7.73. The van der Waals surface area contributed by atoms with Gasteiger partial charge in [0, 0.05) is 0 Å². The number of nitrogens with two attached hydrogens (primary N) is 1. The Kier molecular flexibility index (Phi) is 4.94. The van der Waals surface area contributed by atoms with Crippen LogP contribution in [0.2, 0.25) is 0 Å². The molecule has 0 saturated carbocycles. The number of hydrogen-bond donors (Lipinski definition) is 2. The fraction of sp³-hybridized carbons (Fsp3) is 0.857. The third-order valence-corrected chi connectivity index (χ3v) is 2.79. The second-order valence-corrected chi connectivity index (χ2v) is 5.22. The molecule has 0 bridgehead atoms. The van der Waals surface area contributed by atoms with Gasteiger partial charge in [-0.1, -0.05) is 13.8 Å². The van der Waals surface area contributed by atoms with Crippen molar-refractivity contribution in [2.45, 2.75) is 20.3 Å². The molecule has 5 nitrogen and oxygen atoms in total. The van der Waals surface area contributed by atoms with Crippen LogP contribution in [0.5, 0.6) is 0 Å². The number of amides is 1. The molecular formula is C7H16N2O3S. The Morgan fingerprint density at radius 1 is 1.46 bits per heavy atom. The van der Waals surface area contributed by atoms with E-state index in [-0.39, 0.29) is 12.3 Å². The summed E-state index contributed by atoms with van der Waals surface area (Å²) < 4.78 is 24.4. The summed E-state index contributed by atoms with van der Waals surface area (Å²) in [7, 11) is -3.32. The minimum absolute atomic E-state index is 0.0396. The molecule has 78 valence electrons. The smallest absolute Gasteiger partial charge is 0.232 e. The monoisotopic (exact) mass is 208 g/mol. The Labute approximate surface area is 78.7 Å². The van der Waals surface area contributed by atoms with E-state index in [0.717, 1.165) is 0 Å². The Morgan fingerprint density at radius 3 is 2.38 bits per heavy atom. The summed E-state index contributed by atoms with van der Waals surface area (Å²) in [6.45, 7) is 3.55. The van der Waals surface area contributed by atoms with E-state index in [2.05, 4.69) is 4.72 Å². The standard InChI is InChI=1S/C7H16N2O3S/c1-6(2)3-4-13(11,12)9-5-7(8)10/h6,9H,3-5H2,1-2H3,(H2,8,10). The van der Waals surface area contributed by atoms with Crippen LogP contribution in [-0.4, -0.2) is 26.6 Å². The second-order valence-electron chi connectivity index (χ2n) is 3.29. The van der Waals surface area contributed by atoms with Crippen molar-refractivity contribution in [3.05, 3.63) is 0 Å². The van der Waals surface area contributed by atoms with Gasteiger partial charge in [-0.15, -0.1) is 0 Å². The molecule has 1 amide bonds. The Balaban J connectivity index is 3.88. The second kappa shape index (κ2) is 5.18. The van der Waals surface area contributed by atoms with Crippen molar-refractivity contribution in [1.82, 2.24) is 4.72 Å². The topological polar surface area (TPSA) is 89.3 Å². The van der Waals surface area contributed by atoms with Crippen LogP contribution in [0.25, 0.3) is 0 Å². The van der Waals surface area contributed by atoms with Crippen LogP contribution in [0.4, 0.5) is 0 Å². The first kappa shape index (κ1) is 12.4. The van der Waals surface area contributed by atoms with E-state index in [0.29, 0.717) is 12.3 Å². The predicted octanol–water partition coefficient (Wildman–Crippen LogP) is -0.563. The number of carbonyl (C=O) groups excluding carboxylic acids is 1. The van der Waals surface area contributed by atoms with E-state index in [1.54, 1.807) is 0 Å². The van der Waals surface area contributed by atoms with Crippen LogP contribution in [0, 0.1) is 5.92 Å². The molecule has 0 aliphatic heterocycles. The number of hydrogen-bond acceptors (Lipinski definition) is 3. The largest absolute Gasteiger partial charge is 0.369 e. The summed E-state index contributed by atoms with van der Waals surface area (Å²) in [5.74, 6) is -0.309. The molecule has 0 aromatic rings. The van der Waals surface area contributed by atoms with Gasteiger partial charge in [0.25, 0.3) is 0 Å². The Bertz CT molecular complexity index is 259. The zero-order valence-electron chi connectivity index (χ0n) is 7.91. The maximum Gasteiger partial charge on any atom is 0.232 e. The molecule has 0 heterocycles. The molecule has 0 aliphatic rings. The SMILES string of the molecule is CC(C)CCS(=O)(=O)NCC(N)=O. The lowest BCUT2D eigenvalue weighted by Crippen LogP contribution is -2.35. The van der Waals surface area contributed by atoms with Gasteiger partial charge in [-0.3, -0.25) is 4.79 Å². The molecule has 0 aliphatic carbocycles. The first-order chi connectivity index (χ1) is 5.83. The molecule has 0 aromatic heterocycles. The average Bonchev–Trinajstić information content (AvgIpc) is 1.98. The third-order valence-electron chi connectivity index (χ3n) is 1.43. The van der Waals surface area contributed by atoms with E-state index in [1.165, 1.54) is 0 Å². The molecule has 0 aromatic carbocycles. The maximum absolute atomic E-state index is 11.1. The zero-order chi connectivity index (χ0) is 10.5. The van der Waals surface area contributed by atoms with Crippen molar-refractivity contribution in [3.63, 3.8) is 0 Å². The summed E-state index contributed by atoms with van der Waals surface area (Å²) in [5, 5.41) is 0. The van der Waals surface area contributed by atoms with Crippen molar-refractivity contribution in [3.8, 4) is 0 Å². The molecule has 6 heteroatoms. The maximum atomic E-state index is 11.1. The lowest BCUT2D eigenvalue weighted by molar-refractivity contribution is -0.116. The lowest BCUT2D eigenvalue weighted by Gasteiger charge is -2.06. The van der Waals surface area contributed by atoms with E-state index >= 15 is 0 Å². The Morgan fingerprint density at radius 2 is 2.00 bits per heavy atom. The van der Waals surface area contributed by atoms with Crippen molar-refractivity contribution in [2.75, 3.05) is 12.3 Å². The molecule has 3 N–H and O–H groups in total. The normalized spacial score (nSPS) is 11.9. The molecule has 0 fully saturated rings. The van der Waals surface area contributed by atoms with Gasteiger partial charge in [0.15, 0.2) is 0 Å². The van der Waals surface area contributed by atoms with Crippen LogP contribution in [0.15, 0.2) is 0 Å². The van der Waals surface area contributed by atoms with Crippen LogP contribution in [0.1, 0.15) is 20.3 Å². The van der Waals surface area contributed by atoms with Gasteiger partial charge in [-0.25, -0.2) is 13.1 Å². The fourth-order valence-corrected chi connectivity index (χ4v) is 1.93. The van der Waals surface area contributed by atoms with Gasteiger partial charge < -0.3 is 5.73 Å². The van der Waals surface area contributed by atoms with Gasteiger partial charge in [-0.05, 0) is 12.3 Å². The van der Waals surface area contributed by atoms with Gasteiger partial charge >= 0.3 is 0 Å². The van der Waals surface area contributed by atoms with E-state index in [1.807, 2.05) is 13.8 Å². The Hall–Kier alpha value is -0.620. The highest BCUT2D eigenvalue weighted by Crippen LogP contribution is 2.01. The quantitative estimate of drug-likeness (QED) is 0.613. The summed E-state index contributed by atoms with van der Waals surface area (Å²) in [5.41, 5.74) is 4.79. The number of rotatable bonds is 6. The van der Waals surface area contributed by atoms with E-state index in [9.17, 15) is 13.2 Å². The molecule has 0 atom stereocenters. The lowest BCUT2D eigenvalue weighted by atomic mass is 10.2. The molecule has 0 unspecified atom stereocenters. The highest BCUT2D eigenvalue weighted by atomic mass is 32.2. The van der Waals surface area contributed by atoms with Gasteiger partial charge in [0.1, 0.15) is 0 Å². The van der Waals surface area contributed by atoms with Crippen molar-refractivity contribution < 1.29 is 13.2 Å². The van der Waals surface area contributed by atoms with E-state index < -0.39 is 15.9 Å². The predicted molar refractivity (Wildman–Crippen MR) is 50.4 cm³/mol. The van der Waals surface area contributed by atoms with Crippen LogP contribution in [0.3, 0.4) is 0 Å². The summed E-state index contributed by atoms with van der Waals surface area (Å²) >= 11 is 0. The van der Waals surface area contributed by atoms with Gasteiger partial charge in [0.2, 0.25) is 15.9 Å². The van der Waals surface area contributed by atoms with Crippen LogP contribution in [-0.2, 0) is 14.8 Å². The van der Waals surface area contributed by atoms with E-state index in [4.69, 9.17) is 5.73 Å². The molecule has 0 saturated heterocycles. The van der Waals surface area contributed by atoms with Crippen molar-refractivity contribution in [2.24, 2.45) is 11.7 Å². The number of primary amides is 1. The summed E-state index contributed by atoms with van der Waals surface area (Å²) in [6, 6.07) is 0. The zero-order valence-corrected chi connectivity index (χ0v) is 8.73. The fourth-order valence-electron chi connectivity index (χ4n) is 0.644. The summed E-state index contributed by atoms with van der Waals surface area (Å²) in [6.07, 6.45) is 0.577. The van der Waals surface area contributed by atoms with Crippen molar-refractivity contribution in [1.29, 1.82) is 0 Å². The van der Waals surface area contributed by atoms with Crippen molar-refractivity contribution >= 4 is 15.9 Å². The number of sulfonamides is 1. The number of carbonyl (C=O) groups is 1. The van der Waals surface area contributed by atoms with Gasteiger partial charge in [-0.2, -0.15) is 0 Å². The molecule has 0 spiro atoms. The molecule has 0 rings (SSSR count).